The van der Waals surface area contributed by atoms with Crippen molar-refractivity contribution in [3.8, 4) is 22.6 Å². The maximum absolute atomic E-state index is 5.90. The van der Waals surface area contributed by atoms with E-state index in [0.29, 0.717) is 12.4 Å². The highest BCUT2D eigenvalue weighted by molar-refractivity contribution is 5.63. The summed E-state index contributed by atoms with van der Waals surface area (Å²) in [5.74, 6) is 1.44. The van der Waals surface area contributed by atoms with E-state index in [9.17, 15) is 0 Å². The smallest absolute Gasteiger partial charge is 0.194 e. The lowest BCUT2D eigenvalue weighted by Gasteiger charge is -2.10. The topological polar surface area (TPSA) is 52.8 Å². The molecule has 0 aliphatic carbocycles. The Morgan fingerprint density at radius 1 is 0.852 bits per heavy atom. The van der Waals surface area contributed by atoms with Gasteiger partial charge in [-0.25, -0.2) is 0 Å². The highest BCUT2D eigenvalue weighted by atomic mass is 16.5. The Morgan fingerprint density at radius 3 is 2.33 bits per heavy atom. The van der Waals surface area contributed by atoms with Crippen LogP contribution in [0.3, 0.4) is 0 Å². The summed E-state index contributed by atoms with van der Waals surface area (Å²) in [6, 6.07) is 24.5. The van der Waals surface area contributed by atoms with Crippen LogP contribution in [0.2, 0.25) is 0 Å². The molecular weight excluding hydrogens is 336 g/mol. The normalized spacial score (nSPS) is 10.7. The van der Waals surface area contributed by atoms with Crippen molar-refractivity contribution in [1.82, 2.24) is 20.2 Å². The number of rotatable bonds is 5. The minimum absolute atomic E-state index is 0.297. The van der Waals surface area contributed by atoms with Crippen molar-refractivity contribution >= 4 is 0 Å². The van der Waals surface area contributed by atoms with Gasteiger partial charge >= 0.3 is 0 Å². The van der Waals surface area contributed by atoms with Gasteiger partial charge in [-0.15, -0.1) is 5.10 Å². The molecule has 0 atom stereocenters. The molecule has 0 bridgehead atoms. The standard InChI is InChI=1S/C22H20N4O/c1-16-8-13-21(17(2)14-16)26-22(23-24-25-26)15-27-20-11-9-19(10-12-20)18-6-4-3-5-7-18/h3-14H,15H2,1-2H3. The van der Waals surface area contributed by atoms with Crippen LogP contribution >= 0.6 is 0 Å². The largest absolute Gasteiger partial charge is 0.486 e. The summed E-state index contributed by atoms with van der Waals surface area (Å²) in [6.45, 7) is 4.42. The van der Waals surface area contributed by atoms with E-state index < -0.39 is 0 Å². The van der Waals surface area contributed by atoms with Gasteiger partial charge in [0.1, 0.15) is 12.4 Å². The molecule has 5 heteroatoms. The van der Waals surface area contributed by atoms with E-state index >= 15 is 0 Å². The van der Waals surface area contributed by atoms with Gasteiger partial charge in [0, 0.05) is 0 Å². The zero-order valence-corrected chi connectivity index (χ0v) is 15.3. The number of nitrogens with zero attached hydrogens (tertiary/aromatic N) is 4. The minimum Gasteiger partial charge on any atom is -0.486 e. The first-order chi connectivity index (χ1) is 13.2. The van der Waals surface area contributed by atoms with Crippen LogP contribution in [0.25, 0.3) is 16.8 Å². The van der Waals surface area contributed by atoms with Crippen molar-refractivity contribution in [3.05, 3.63) is 89.7 Å². The predicted molar refractivity (Wildman–Crippen MR) is 105 cm³/mol. The SMILES string of the molecule is Cc1ccc(-n2nnnc2COc2ccc(-c3ccccc3)cc2)c(C)c1. The molecule has 134 valence electrons. The molecule has 1 heterocycles. The lowest BCUT2D eigenvalue weighted by atomic mass is 10.1. The average molecular weight is 356 g/mol. The Kier molecular flexibility index (Phi) is 4.66. The van der Waals surface area contributed by atoms with Crippen molar-refractivity contribution in [3.63, 3.8) is 0 Å². The van der Waals surface area contributed by atoms with Crippen LogP contribution in [-0.4, -0.2) is 20.2 Å². The van der Waals surface area contributed by atoms with Crippen LogP contribution in [-0.2, 0) is 6.61 Å². The summed E-state index contributed by atoms with van der Waals surface area (Å²) in [6.07, 6.45) is 0. The summed E-state index contributed by atoms with van der Waals surface area (Å²) in [7, 11) is 0. The third kappa shape index (κ3) is 3.72. The van der Waals surface area contributed by atoms with Crippen molar-refractivity contribution < 1.29 is 4.74 Å². The molecule has 0 amide bonds. The molecule has 1 aromatic heterocycles. The number of aryl methyl sites for hydroxylation is 2. The van der Waals surface area contributed by atoms with Gasteiger partial charge in [-0.05, 0) is 59.2 Å². The first-order valence-electron chi connectivity index (χ1n) is 8.84. The summed E-state index contributed by atoms with van der Waals surface area (Å²) in [5, 5.41) is 12.0. The van der Waals surface area contributed by atoms with Gasteiger partial charge in [0.05, 0.1) is 5.69 Å². The predicted octanol–water partition coefficient (Wildman–Crippen LogP) is 4.53. The number of aromatic nitrogens is 4. The summed E-state index contributed by atoms with van der Waals surface area (Å²) >= 11 is 0. The molecule has 0 saturated carbocycles. The van der Waals surface area contributed by atoms with Crippen molar-refractivity contribution in [2.24, 2.45) is 0 Å². The molecule has 4 aromatic rings. The van der Waals surface area contributed by atoms with Crippen LogP contribution in [0, 0.1) is 13.8 Å². The molecule has 27 heavy (non-hydrogen) atoms. The molecule has 0 fully saturated rings. The summed E-state index contributed by atoms with van der Waals surface area (Å²) < 4.78 is 7.63. The Morgan fingerprint density at radius 2 is 1.59 bits per heavy atom. The molecule has 0 spiro atoms. The molecule has 0 aliphatic rings. The number of ether oxygens (including phenoxy) is 1. The molecule has 4 rings (SSSR count). The first-order valence-corrected chi connectivity index (χ1v) is 8.84. The molecule has 0 aliphatic heterocycles. The Balaban J connectivity index is 1.49. The molecule has 5 nitrogen and oxygen atoms in total. The Bertz CT molecular complexity index is 1040. The molecule has 0 N–H and O–H groups in total. The van der Waals surface area contributed by atoms with Crippen LogP contribution < -0.4 is 4.74 Å². The summed E-state index contributed by atoms with van der Waals surface area (Å²) in [4.78, 5) is 0. The quantitative estimate of drug-likeness (QED) is 0.527. The highest BCUT2D eigenvalue weighted by Gasteiger charge is 2.11. The number of tetrazole rings is 1. The van der Waals surface area contributed by atoms with Gasteiger partial charge in [0.2, 0.25) is 0 Å². The Hall–Kier alpha value is -3.47. The van der Waals surface area contributed by atoms with E-state index in [4.69, 9.17) is 4.74 Å². The lowest BCUT2D eigenvalue weighted by molar-refractivity contribution is 0.292. The zero-order valence-electron chi connectivity index (χ0n) is 15.3. The van der Waals surface area contributed by atoms with Crippen LogP contribution in [0.5, 0.6) is 5.75 Å². The Labute approximate surface area is 158 Å². The second-order valence-electron chi connectivity index (χ2n) is 6.48. The van der Waals surface area contributed by atoms with Gasteiger partial charge < -0.3 is 4.74 Å². The maximum atomic E-state index is 5.90. The first kappa shape index (κ1) is 17.0. The third-order valence-corrected chi connectivity index (χ3v) is 4.44. The van der Waals surface area contributed by atoms with E-state index in [1.54, 1.807) is 4.68 Å². The van der Waals surface area contributed by atoms with Gasteiger partial charge in [-0.1, -0.05) is 60.2 Å². The van der Waals surface area contributed by atoms with Crippen molar-refractivity contribution in [2.75, 3.05) is 0 Å². The number of benzene rings is 3. The lowest BCUT2D eigenvalue weighted by Crippen LogP contribution is -2.08. The fourth-order valence-corrected chi connectivity index (χ4v) is 3.05. The molecule has 0 unspecified atom stereocenters. The molecule has 0 saturated heterocycles. The van der Waals surface area contributed by atoms with E-state index in [0.717, 1.165) is 22.6 Å². The van der Waals surface area contributed by atoms with Gasteiger partial charge in [0.25, 0.3) is 0 Å². The second-order valence-corrected chi connectivity index (χ2v) is 6.48. The van der Waals surface area contributed by atoms with Gasteiger partial charge in [-0.3, -0.25) is 0 Å². The minimum atomic E-state index is 0.297. The van der Waals surface area contributed by atoms with Crippen LogP contribution in [0.15, 0.2) is 72.8 Å². The highest BCUT2D eigenvalue weighted by Crippen LogP contribution is 2.23. The van der Waals surface area contributed by atoms with Crippen molar-refractivity contribution in [2.45, 2.75) is 20.5 Å². The van der Waals surface area contributed by atoms with Crippen LogP contribution in [0.4, 0.5) is 0 Å². The average Bonchev–Trinajstić information content (AvgIpc) is 3.16. The van der Waals surface area contributed by atoms with Gasteiger partial charge in [-0.2, -0.15) is 4.68 Å². The van der Waals surface area contributed by atoms with Crippen LogP contribution in [0.1, 0.15) is 17.0 Å². The number of hydrogen-bond acceptors (Lipinski definition) is 4. The monoisotopic (exact) mass is 356 g/mol. The number of hydrogen-bond donors (Lipinski definition) is 0. The molecule has 3 aromatic carbocycles. The summed E-state index contributed by atoms with van der Waals surface area (Å²) in [5.41, 5.74) is 5.63. The van der Waals surface area contributed by atoms with Crippen molar-refractivity contribution in [1.29, 1.82) is 0 Å². The maximum Gasteiger partial charge on any atom is 0.194 e. The van der Waals surface area contributed by atoms with E-state index in [1.165, 1.54) is 11.1 Å². The molecular formula is C22H20N4O. The molecule has 0 radical (unpaired) electrons. The van der Waals surface area contributed by atoms with E-state index in [-0.39, 0.29) is 0 Å². The fourth-order valence-electron chi connectivity index (χ4n) is 3.05. The van der Waals surface area contributed by atoms with Gasteiger partial charge in [0.15, 0.2) is 5.82 Å². The van der Waals surface area contributed by atoms with E-state index in [1.807, 2.05) is 36.4 Å². The van der Waals surface area contributed by atoms with E-state index in [2.05, 4.69) is 65.8 Å². The third-order valence-electron chi connectivity index (χ3n) is 4.44. The second kappa shape index (κ2) is 7.41. The fraction of sp³-hybridized carbons (Fsp3) is 0.136. The zero-order chi connectivity index (χ0) is 18.6.